The fourth-order valence-corrected chi connectivity index (χ4v) is 7.59. The van der Waals surface area contributed by atoms with Gasteiger partial charge in [0.1, 0.15) is 0 Å². The lowest BCUT2D eigenvalue weighted by molar-refractivity contribution is -0.142. The quantitative estimate of drug-likeness (QED) is 0.728. The topological polar surface area (TPSA) is 58.2 Å². The predicted octanol–water partition coefficient (Wildman–Crippen LogP) is 4.04. The molecule has 3 aliphatic carbocycles. The Morgan fingerprint density at radius 3 is 2.41 bits per heavy atom. The third-order valence-corrected chi connectivity index (χ3v) is 8.91. The van der Waals surface area contributed by atoms with Gasteiger partial charge in [-0.25, -0.2) is 0 Å². The van der Waals surface area contributed by atoms with E-state index in [0.29, 0.717) is 24.3 Å². The van der Waals surface area contributed by atoms with Gasteiger partial charge in [0.2, 0.25) is 11.8 Å². The van der Waals surface area contributed by atoms with E-state index >= 15 is 0 Å². The van der Waals surface area contributed by atoms with E-state index in [0.717, 1.165) is 31.6 Å². The summed E-state index contributed by atoms with van der Waals surface area (Å²) < 4.78 is 0. The third-order valence-electron chi connectivity index (χ3n) is 8.91. The van der Waals surface area contributed by atoms with Gasteiger partial charge >= 0.3 is 0 Å². The van der Waals surface area contributed by atoms with Crippen molar-refractivity contribution in [3.63, 3.8) is 0 Å². The molecule has 4 fully saturated rings. The van der Waals surface area contributed by atoms with Crippen LogP contribution in [0, 0.1) is 34.5 Å². The van der Waals surface area contributed by atoms with Crippen LogP contribution in [-0.4, -0.2) is 23.4 Å². The zero-order chi connectivity index (χ0) is 19.6. The maximum absolute atomic E-state index is 13.0. The summed E-state index contributed by atoms with van der Waals surface area (Å²) >= 11 is 0. The Morgan fingerprint density at radius 2 is 1.70 bits per heavy atom. The highest BCUT2D eigenvalue weighted by Crippen LogP contribution is 2.65. The number of hydrogen-bond donors (Lipinski definition) is 2. The minimum atomic E-state index is -0.158. The number of piperidine rings is 1. The molecule has 2 amide bonds. The summed E-state index contributed by atoms with van der Waals surface area (Å²) in [6.07, 6.45) is 8.71. The molecule has 7 atom stereocenters. The molecule has 2 N–H and O–H groups in total. The molecule has 0 radical (unpaired) electrons. The molecular weight excluding hydrogens is 336 g/mol. The standard InChI is InChI=1S/C23H38N2O2/c1-21(2,3)25-20(27)17-8-7-15-14-6-9-18-23(5,13-11-19(26)24-18)16(14)10-12-22(15,17)4/h14-18H,6-13H2,1-5H3,(H,24,26)(H,25,27)/t14-,15-,16-,17+,18+,22-,23+/m0/s1. The molecule has 4 aliphatic rings. The van der Waals surface area contributed by atoms with Crippen LogP contribution in [0.4, 0.5) is 0 Å². The number of nitrogens with one attached hydrogen (secondary N) is 2. The van der Waals surface area contributed by atoms with Crippen molar-refractivity contribution in [1.82, 2.24) is 10.6 Å². The van der Waals surface area contributed by atoms with Crippen LogP contribution in [0.3, 0.4) is 0 Å². The monoisotopic (exact) mass is 374 g/mol. The summed E-state index contributed by atoms with van der Waals surface area (Å²) in [6, 6.07) is 0.366. The molecule has 0 bridgehead atoms. The Kier molecular flexibility index (Phi) is 4.44. The lowest BCUT2D eigenvalue weighted by atomic mass is 9.47. The van der Waals surface area contributed by atoms with E-state index in [2.05, 4.69) is 45.3 Å². The number of carbonyl (C=O) groups excluding carboxylic acids is 2. The van der Waals surface area contributed by atoms with Crippen molar-refractivity contribution in [2.24, 2.45) is 34.5 Å². The van der Waals surface area contributed by atoms with Crippen LogP contribution in [0.5, 0.6) is 0 Å². The van der Waals surface area contributed by atoms with Gasteiger partial charge in [0.15, 0.2) is 0 Å². The van der Waals surface area contributed by atoms with Gasteiger partial charge in [-0.1, -0.05) is 13.8 Å². The number of fused-ring (bicyclic) bond motifs is 5. The average molecular weight is 375 g/mol. The predicted molar refractivity (Wildman–Crippen MR) is 107 cm³/mol. The molecule has 1 heterocycles. The van der Waals surface area contributed by atoms with Crippen molar-refractivity contribution in [3.8, 4) is 0 Å². The Balaban J connectivity index is 1.55. The Morgan fingerprint density at radius 1 is 1.00 bits per heavy atom. The van der Waals surface area contributed by atoms with Crippen LogP contribution in [-0.2, 0) is 9.59 Å². The highest BCUT2D eigenvalue weighted by Gasteiger charge is 2.61. The van der Waals surface area contributed by atoms with Crippen LogP contribution < -0.4 is 10.6 Å². The molecule has 0 aromatic heterocycles. The van der Waals surface area contributed by atoms with E-state index < -0.39 is 0 Å². The van der Waals surface area contributed by atoms with Crippen LogP contribution >= 0.6 is 0 Å². The minimum absolute atomic E-state index is 0.150. The first-order valence-corrected chi connectivity index (χ1v) is 11.2. The van der Waals surface area contributed by atoms with Gasteiger partial charge in [-0.2, -0.15) is 0 Å². The zero-order valence-corrected chi connectivity index (χ0v) is 17.9. The van der Waals surface area contributed by atoms with Gasteiger partial charge in [0.05, 0.1) is 0 Å². The largest absolute Gasteiger partial charge is 0.353 e. The SMILES string of the molecule is CC(C)(C)NC(=O)[C@H]1CC[C@H]2[C@@H]3CC[C@H]4NC(=O)CC[C@]4(C)[C@H]3CC[C@]12C. The molecule has 0 unspecified atom stereocenters. The molecule has 27 heavy (non-hydrogen) atoms. The van der Waals surface area contributed by atoms with E-state index in [1.165, 1.54) is 19.3 Å². The summed E-state index contributed by atoms with van der Waals surface area (Å²) in [7, 11) is 0. The summed E-state index contributed by atoms with van der Waals surface area (Å²) in [4.78, 5) is 25.0. The van der Waals surface area contributed by atoms with E-state index in [4.69, 9.17) is 0 Å². The van der Waals surface area contributed by atoms with Crippen molar-refractivity contribution in [3.05, 3.63) is 0 Å². The number of amides is 2. The van der Waals surface area contributed by atoms with E-state index in [-0.39, 0.29) is 34.1 Å². The van der Waals surface area contributed by atoms with Crippen molar-refractivity contribution < 1.29 is 9.59 Å². The zero-order valence-electron chi connectivity index (χ0n) is 17.9. The molecule has 4 nitrogen and oxygen atoms in total. The van der Waals surface area contributed by atoms with E-state index in [9.17, 15) is 9.59 Å². The fourth-order valence-electron chi connectivity index (χ4n) is 7.59. The highest BCUT2D eigenvalue weighted by molar-refractivity contribution is 5.80. The number of rotatable bonds is 1. The van der Waals surface area contributed by atoms with Crippen LogP contribution in [0.15, 0.2) is 0 Å². The molecular formula is C23H38N2O2. The average Bonchev–Trinajstić information content (AvgIpc) is 2.91. The summed E-state index contributed by atoms with van der Waals surface area (Å²) in [5.41, 5.74) is 0.246. The second-order valence-corrected chi connectivity index (χ2v) is 11.5. The fraction of sp³-hybridized carbons (Fsp3) is 0.913. The van der Waals surface area contributed by atoms with Crippen LogP contribution in [0.2, 0.25) is 0 Å². The van der Waals surface area contributed by atoms with E-state index in [1.807, 2.05) is 0 Å². The second-order valence-electron chi connectivity index (χ2n) is 11.5. The van der Waals surface area contributed by atoms with Gasteiger partial charge in [-0.15, -0.1) is 0 Å². The van der Waals surface area contributed by atoms with Gasteiger partial charge in [0, 0.05) is 23.9 Å². The third kappa shape index (κ3) is 3.02. The molecule has 1 aliphatic heterocycles. The van der Waals surface area contributed by atoms with E-state index in [1.54, 1.807) is 0 Å². The maximum Gasteiger partial charge on any atom is 0.224 e. The summed E-state index contributed by atoms with van der Waals surface area (Å²) in [5.74, 6) is 2.79. The Labute approximate surface area is 164 Å². The lowest BCUT2D eigenvalue weighted by Gasteiger charge is -2.60. The van der Waals surface area contributed by atoms with Crippen LogP contribution in [0.25, 0.3) is 0 Å². The maximum atomic E-state index is 13.0. The Bertz CT molecular complexity index is 639. The van der Waals surface area contributed by atoms with Crippen LogP contribution in [0.1, 0.15) is 86.0 Å². The van der Waals surface area contributed by atoms with Crippen molar-refractivity contribution in [2.75, 3.05) is 0 Å². The van der Waals surface area contributed by atoms with Gasteiger partial charge in [-0.05, 0) is 94.3 Å². The first-order valence-electron chi connectivity index (χ1n) is 11.2. The molecule has 0 aromatic carbocycles. The molecule has 0 spiro atoms. The molecule has 152 valence electrons. The molecule has 4 rings (SSSR count). The molecule has 1 saturated heterocycles. The van der Waals surface area contributed by atoms with Gasteiger partial charge < -0.3 is 10.6 Å². The van der Waals surface area contributed by atoms with Crippen molar-refractivity contribution in [2.45, 2.75) is 97.6 Å². The first kappa shape index (κ1) is 19.3. The number of hydrogen-bond acceptors (Lipinski definition) is 2. The first-order chi connectivity index (χ1) is 12.5. The van der Waals surface area contributed by atoms with Gasteiger partial charge in [0.25, 0.3) is 0 Å². The summed E-state index contributed by atoms with van der Waals surface area (Å²) in [6.45, 7) is 11.1. The summed E-state index contributed by atoms with van der Waals surface area (Å²) in [5, 5.41) is 6.57. The Hall–Kier alpha value is -1.06. The number of carbonyl (C=O) groups is 2. The van der Waals surface area contributed by atoms with Crippen molar-refractivity contribution >= 4 is 11.8 Å². The molecule has 4 heteroatoms. The lowest BCUT2D eigenvalue weighted by Crippen LogP contribution is -2.61. The van der Waals surface area contributed by atoms with Gasteiger partial charge in [-0.3, -0.25) is 9.59 Å². The second kappa shape index (κ2) is 6.22. The highest BCUT2D eigenvalue weighted by atomic mass is 16.2. The van der Waals surface area contributed by atoms with Crippen molar-refractivity contribution in [1.29, 1.82) is 0 Å². The normalized spacial score (nSPS) is 46.7. The molecule has 3 saturated carbocycles. The smallest absolute Gasteiger partial charge is 0.224 e. The molecule has 0 aromatic rings. The minimum Gasteiger partial charge on any atom is -0.353 e.